The second-order valence-electron chi connectivity index (χ2n) is 5.15. The van der Waals surface area contributed by atoms with Crippen LogP contribution in [0.25, 0.3) is 5.65 Å². The molecule has 0 aliphatic heterocycles. The van der Waals surface area contributed by atoms with Crippen molar-refractivity contribution < 1.29 is 0 Å². The molecule has 1 aliphatic carbocycles. The molecule has 0 unspecified atom stereocenters. The van der Waals surface area contributed by atoms with Gasteiger partial charge >= 0.3 is 0 Å². The van der Waals surface area contributed by atoms with E-state index in [1.54, 1.807) is 0 Å². The van der Waals surface area contributed by atoms with Crippen LogP contribution in [0.2, 0.25) is 0 Å². The minimum atomic E-state index is -0.0692. The van der Waals surface area contributed by atoms with E-state index in [-0.39, 0.29) is 5.54 Å². The maximum atomic E-state index is 6.26. The lowest BCUT2D eigenvalue weighted by atomic mass is 9.75. The summed E-state index contributed by atoms with van der Waals surface area (Å²) in [4.78, 5) is 4.45. The van der Waals surface area contributed by atoms with Crippen molar-refractivity contribution in [3.05, 3.63) is 23.4 Å². The molecule has 1 saturated carbocycles. The number of hydrogen-bond donors (Lipinski definition) is 1. The fourth-order valence-corrected chi connectivity index (χ4v) is 2.54. The van der Waals surface area contributed by atoms with Crippen molar-refractivity contribution in [3.63, 3.8) is 0 Å². The zero-order valence-corrected chi connectivity index (χ0v) is 10.3. The molecule has 17 heavy (non-hydrogen) atoms. The van der Waals surface area contributed by atoms with Gasteiger partial charge in [-0.05, 0) is 33.1 Å². The molecule has 2 aromatic rings. The standard InChI is InChI=1S/C12H17N5/c1-8-6-10-15-16-11(17(10)9(2)14-8)7-12(13)4-3-5-12/h6H,3-5,7,13H2,1-2H3. The molecule has 2 heterocycles. The molecular weight excluding hydrogens is 214 g/mol. The first kappa shape index (κ1) is 10.7. The number of fused-ring (bicyclic) bond motifs is 1. The van der Waals surface area contributed by atoms with Gasteiger partial charge in [-0.1, -0.05) is 0 Å². The first-order valence-electron chi connectivity index (χ1n) is 6.05. The van der Waals surface area contributed by atoms with Crippen LogP contribution >= 0.6 is 0 Å². The molecule has 0 bridgehead atoms. The van der Waals surface area contributed by atoms with E-state index in [1.807, 2.05) is 24.3 Å². The van der Waals surface area contributed by atoms with Gasteiger partial charge in [0, 0.05) is 23.7 Å². The van der Waals surface area contributed by atoms with Crippen molar-refractivity contribution in [1.82, 2.24) is 19.6 Å². The van der Waals surface area contributed by atoms with Gasteiger partial charge in [-0.25, -0.2) is 4.98 Å². The number of aromatic nitrogens is 4. The van der Waals surface area contributed by atoms with Crippen molar-refractivity contribution in [2.75, 3.05) is 0 Å². The van der Waals surface area contributed by atoms with Crippen LogP contribution in [0.5, 0.6) is 0 Å². The smallest absolute Gasteiger partial charge is 0.164 e. The Morgan fingerprint density at radius 1 is 1.35 bits per heavy atom. The number of nitrogens with two attached hydrogens (primary N) is 1. The third kappa shape index (κ3) is 1.70. The second kappa shape index (κ2) is 3.50. The highest BCUT2D eigenvalue weighted by molar-refractivity contribution is 5.40. The minimum absolute atomic E-state index is 0.0692. The third-order valence-corrected chi connectivity index (χ3v) is 3.61. The summed E-state index contributed by atoms with van der Waals surface area (Å²) in [5.74, 6) is 1.87. The Morgan fingerprint density at radius 2 is 2.12 bits per heavy atom. The number of aryl methyl sites for hydroxylation is 2. The van der Waals surface area contributed by atoms with Gasteiger partial charge in [-0.15, -0.1) is 10.2 Å². The Labute approximate surface area is 100 Å². The maximum absolute atomic E-state index is 6.26. The average molecular weight is 231 g/mol. The van der Waals surface area contributed by atoms with Crippen LogP contribution < -0.4 is 5.73 Å². The quantitative estimate of drug-likeness (QED) is 0.842. The predicted octanol–water partition coefficient (Wildman–Crippen LogP) is 1.17. The molecule has 5 heteroatoms. The van der Waals surface area contributed by atoms with E-state index in [2.05, 4.69) is 15.2 Å². The summed E-state index contributed by atoms with van der Waals surface area (Å²) in [5, 5.41) is 8.46. The highest BCUT2D eigenvalue weighted by atomic mass is 15.3. The molecule has 1 fully saturated rings. The molecule has 5 nitrogen and oxygen atoms in total. The molecule has 0 radical (unpaired) electrons. The molecule has 2 N–H and O–H groups in total. The summed E-state index contributed by atoms with van der Waals surface area (Å²) in [7, 11) is 0. The van der Waals surface area contributed by atoms with Crippen LogP contribution in [0, 0.1) is 13.8 Å². The topological polar surface area (TPSA) is 69.1 Å². The van der Waals surface area contributed by atoms with Gasteiger partial charge in [0.1, 0.15) is 11.6 Å². The van der Waals surface area contributed by atoms with Crippen molar-refractivity contribution in [3.8, 4) is 0 Å². The Kier molecular flexibility index (Phi) is 2.19. The Balaban J connectivity index is 2.05. The number of hydrogen-bond acceptors (Lipinski definition) is 4. The lowest BCUT2D eigenvalue weighted by Crippen LogP contribution is -2.48. The molecule has 0 aromatic carbocycles. The van der Waals surface area contributed by atoms with Gasteiger partial charge in [0.15, 0.2) is 5.65 Å². The van der Waals surface area contributed by atoms with E-state index in [0.29, 0.717) is 0 Å². The summed E-state index contributed by atoms with van der Waals surface area (Å²) < 4.78 is 2.01. The van der Waals surface area contributed by atoms with Crippen molar-refractivity contribution >= 4 is 5.65 Å². The normalized spacial score (nSPS) is 18.3. The van der Waals surface area contributed by atoms with Crippen LogP contribution in [-0.2, 0) is 6.42 Å². The highest BCUT2D eigenvalue weighted by Crippen LogP contribution is 2.32. The van der Waals surface area contributed by atoms with Gasteiger partial charge in [0.2, 0.25) is 0 Å². The molecular formula is C12H17N5. The van der Waals surface area contributed by atoms with Gasteiger partial charge < -0.3 is 5.73 Å². The van der Waals surface area contributed by atoms with Gasteiger partial charge in [0.05, 0.1) is 0 Å². The summed E-state index contributed by atoms with van der Waals surface area (Å²) in [6.45, 7) is 3.95. The Morgan fingerprint density at radius 3 is 2.76 bits per heavy atom. The maximum Gasteiger partial charge on any atom is 0.164 e. The fraction of sp³-hybridized carbons (Fsp3) is 0.583. The largest absolute Gasteiger partial charge is 0.325 e. The molecule has 0 atom stereocenters. The average Bonchev–Trinajstić information content (AvgIpc) is 2.59. The fourth-order valence-electron chi connectivity index (χ4n) is 2.54. The second-order valence-corrected chi connectivity index (χ2v) is 5.15. The van der Waals surface area contributed by atoms with E-state index >= 15 is 0 Å². The molecule has 3 rings (SSSR count). The van der Waals surface area contributed by atoms with Crippen molar-refractivity contribution in [2.45, 2.75) is 45.1 Å². The Hall–Kier alpha value is -1.49. The lowest BCUT2D eigenvalue weighted by molar-refractivity contribution is 0.242. The van der Waals surface area contributed by atoms with Gasteiger partial charge in [-0.2, -0.15) is 0 Å². The van der Waals surface area contributed by atoms with Crippen molar-refractivity contribution in [2.24, 2.45) is 5.73 Å². The molecule has 0 spiro atoms. The zero-order chi connectivity index (χ0) is 12.0. The van der Waals surface area contributed by atoms with Crippen LogP contribution in [0.4, 0.5) is 0 Å². The SMILES string of the molecule is Cc1cc2nnc(CC3(N)CCC3)n2c(C)n1. The third-order valence-electron chi connectivity index (χ3n) is 3.61. The van der Waals surface area contributed by atoms with E-state index < -0.39 is 0 Å². The van der Waals surface area contributed by atoms with Crippen molar-refractivity contribution in [1.29, 1.82) is 0 Å². The van der Waals surface area contributed by atoms with Crippen LogP contribution in [0.15, 0.2) is 6.07 Å². The van der Waals surface area contributed by atoms with Gasteiger partial charge in [0.25, 0.3) is 0 Å². The Bertz CT molecular complexity index is 568. The summed E-state index contributed by atoms with van der Waals surface area (Å²) >= 11 is 0. The molecule has 90 valence electrons. The predicted molar refractivity (Wildman–Crippen MR) is 64.7 cm³/mol. The molecule has 1 aliphatic rings. The van der Waals surface area contributed by atoms with Crippen LogP contribution in [-0.4, -0.2) is 25.1 Å². The number of rotatable bonds is 2. The monoisotopic (exact) mass is 231 g/mol. The molecule has 2 aromatic heterocycles. The van der Waals surface area contributed by atoms with Gasteiger partial charge in [-0.3, -0.25) is 4.40 Å². The number of nitrogens with zero attached hydrogens (tertiary/aromatic N) is 4. The molecule has 0 amide bonds. The summed E-state index contributed by atoms with van der Waals surface area (Å²) in [6.07, 6.45) is 4.18. The van der Waals surface area contributed by atoms with Crippen LogP contribution in [0.1, 0.15) is 36.6 Å². The first-order chi connectivity index (χ1) is 8.07. The van der Waals surface area contributed by atoms with Crippen LogP contribution in [0.3, 0.4) is 0 Å². The lowest BCUT2D eigenvalue weighted by Gasteiger charge is -2.37. The van der Waals surface area contributed by atoms with E-state index in [0.717, 1.165) is 42.3 Å². The molecule has 0 saturated heterocycles. The first-order valence-corrected chi connectivity index (χ1v) is 6.05. The highest BCUT2D eigenvalue weighted by Gasteiger charge is 2.34. The van der Waals surface area contributed by atoms with E-state index in [1.165, 1.54) is 6.42 Å². The van der Waals surface area contributed by atoms with E-state index in [9.17, 15) is 0 Å². The zero-order valence-electron chi connectivity index (χ0n) is 10.3. The minimum Gasteiger partial charge on any atom is -0.325 e. The summed E-state index contributed by atoms with van der Waals surface area (Å²) in [6, 6.07) is 1.95. The summed E-state index contributed by atoms with van der Waals surface area (Å²) in [5.41, 5.74) is 8.04. The van der Waals surface area contributed by atoms with E-state index in [4.69, 9.17) is 5.73 Å².